The third kappa shape index (κ3) is 24.6. The molecule has 138 heavy (non-hydrogen) atoms. The predicted octanol–water partition coefficient (Wildman–Crippen LogP) is 14.9. The third-order valence-electron chi connectivity index (χ3n) is 24.7. The Bertz CT molecular complexity index is 6470. The largest absolute Gasteiger partial charge is 0.396 e. The van der Waals surface area contributed by atoms with Gasteiger partial charge < -0.3 is 77.1 Å². The normalized spacial score (nSPS) is 14.4. The number of piperidine rings is 1. The first-order chi connectivity index (χ1) is 65.3. The Labute approximate surface area is 791 Å². The fraction of sp³-hybridized carbons (Fsp3) is 0.320. The minimum absolute atomic E-state index is 0.0274. The van der Waals surface area contributed by atoms with Crippen molar-refractivity contribution in [3.8, 4) is 45.0 Å². The van der Waals surface area contributed by atoms with Gasteiger partial charge in [0.1, 0.15) is 104 Å². The number of alkyl halides is 4. The number of aryl methyl sites for hydroxylation is 4. The minimum atomic E-state index is -3.10. The molecule has 1 aliphatic heterocycles. The van der Waals surface area contributed by atoms with E-state index in [2.05, 4.69) is 64.3 Å². The number of aromatic nitrogens is 8. The standard InChI is InChI=1S/C27H32FN5O2.C25H27F3N6O2.C25H30FN5O2.C23H24F3N5O3/c1-16-8-13-21(28)14-22(16)27(35)31-15-18-9-11-20(12-10-18)24-23(26(30)34)25(29)33(32-24)17(2)19-6-4-3-5-7-19;1-14-3-8-17(26)11-18(14)24(36)31-12-15-4-6-16(7-5-15)21-20(23(30)35)22(29)34(32-21)19-9-10-33(2)13-25(19,27)28;1-14-6-11-18(26)12-19(14)24(33)29-13-16-7-9-17(10-8-16)21-20(23(28)32)22(27)31(30-21)15(2)25(3,4)5;1-12-2-7-15(24)10-16(12)23(34)29-11-13-3-5-14(6-4-13)19-18(22(28)33)21(27)31(30-19)17(8-9-32)20(25)26/h8-14,17,19H,3-7,15,29H2,1-2H3,(H2,30,34)(H,31,35);3-8,11,19H,9-10,12-13,29H2,1-2H3,(H2,30,35)(H,31,36);6-12,15H,13,27H2,1-5H3,(H2,28,32)(H,29,33);2-7,10,17,20,32H,8-9,11,27H2,1H3,(H2,28,33)(H,29,34). The molecular formula is C100H113F8N21O9. The van der Waals surface area contributed by atoms with E-state index in [9.17, 15) is 73.5 Å². The number of nitrogens with zero attached hydrogens (tertiary/aromatic N) is 9. The number of halogens is 8. The van der Waals surface area contributed by atoms with Gasteiger partial charge in [-0.05, 0) is 179 Å². The van der Waals surface area contributed by atoms with E-state index in [-0.39, 0.29) is 131 Å². The molecule has 14 rings (SSSR count). The molecule has 1 saturated heterocycles. The topological polar surface area (TPSA) is 488 Å². The lowest BCUT2D eigenvalue weighted by atomic mass is 9.84. The molecule has 8 amide bonds. The lowest BCUT2D eigenvalue weighted by Crippen LogP contribution is -2.48. The van der Waals surface area contributed by atoms with Crippen LogP contribution >= 0.6 is 0 Å². The number of nitrogens with two attached hydrogens (primary N) is 8. The van der Waals surface area contributed by atoms with Gasteiger partial charge in [-0.1, -0.05) is 161 Å². The summed E-state index contributed by atoms with van der Waals surface area (Å²) in [6.45, 7) is 17.5. The summed E-state index contributed by atoms with van der Waals surface area (Å²) >= 11 is 0. The zero-order chi connectivity index (χ0) is 101. The maximum absolute atomic E-state index is 14.8. The van der Waals surface area contributed by atoms with Crippen molar-refractivity contribution in [2.75, 3.05) is 49.7 Å². The van der Waals surface area contributed by atoms with Crippen LogP contribution in [0.1, 0.15) is 231 Å². The van der Waals surface area contributed by atoms with E-state index in [1.165, 1.54) is 78.8 Å². The number of nitrogen functional groups attached to an aromatic ring is 4. The quantitative estimate of drug-likeness (QED) is 0.0203. The van der Waals surface area contributed by atoms with E-state index >= 15 is 0 Å². The molecule has 0 spiro atoms. The zero-order valence-corrected chi connectivity index (χ0v) is 77.9. The summed E-state index contributed by atoms with van der Waals surface area (Å²) in [6, 6.07) is 41.1. The Morgan fingerprint density at radius 1 is 0.435 bits per heavy atom. The fourth-order valence-electron chi connectivity index (χ4n) is 16.3. The number of benzene rings is 8. The summed E-state index contributed by atoms with van der Waals surface area (Å²) in [6.07, 6.45) is 2.81. The fourth-order valence-corrected chi connectivity index (χ4v) is 16.3. The monoisotopic (exact) mass is 1900 g/mol. The zero-order valence-electron chi connectivity index (χ0n) is 77.9. The van der Waals surface area contributed by atoms with Gasteiger partial charge in [0, 0.05) is 83.8 Å². The predicted molar refractivity (Wildman–Crippen MR) is 510 cm³/mol. The third-order valence-corrected chi connectivity index (χ3v) is 24.7. The van der Waals surface area contributed by atoms with Crippen molar-refractivity contribution in [2.45, 2.75) is 170 Å². The highest BCUT2D eigenvalue weighted by Gasteiger charge is 2.47. The maximum atomic E-state index is 14.8. The van der Waals surface area contributed by atoms with Crippen LogP contribution in [0.25, 0.3) is 45.0 Å². The summed E-state index contributed by atoms with van der Waals surface area (Å²) in [4.78, 5) is 99.8. The van der Waals surface area contributed by atoms with Crippen LogP contribution in [0.15, 0.2) is 170 Å². The van der Waals surface area contributed by atoms with Crippen molar-refractivity contribution in [2.24, 2.45) is 34.3 Å². The van der Waals surface area contributed by atoms with Crippen molar-refractivity contribution in [1.29, 1.82) is 0 Å². The van der Waals surface area contributed by atoms with Crippen LogP contribution in [0, 0.1) is 62.3 Å². The molecule has 21 N–H and O–H groups in total. The Morgan fingerprint density at radius 3 is 1.04 bits per heavy atom. The Balaban J connectivity index is 0.000000176. The first-order valence-electron chi connectivity index (χ1n) is 44.5. The number of aliphatic hydroxyl groups excluding tert-OH is 1. The van der Waals surface area contributed by atoms with Crippen LogP contribution in [0.4, 0.5) is 58.4 Å². The van der Waals surface area contributed by atoms with Crippen molar-refractivity contribution in [1.82, 2.24) is 65.3 Å². The Hall–Kier alpha value is -15.1. The SMILES string of the molecule is Cc1ccc(F)cc1C(=O)NCc1ccc(-c2nn(C(C)C(C)(C)C)c(N)c2C(N)=O)cc1.Cc1ccc(F)cc1C(=O)NCc1ccc(-c2nn(C(C)C3CCCCC3)c(N)c2C(N)=O)cc1.Cc1ccc(F)cc1C(=O)NCc1ccc(-c2nn(C(CCO)C(F)F)c(N)c2C(N)=O)cc1.Cc1ccc(F)cc1C(=O)NCc1ccc(-c2nn(C3CCN(C)CC3(F)F)c(N)c2C(N)=O)cc1. The second-order valence-electron chi connectivity index (χ2n) is 35.4. The molecule has 5 heterocycles. The molecule has 1 aliphatic carbocycles. The molecule has 1 saturated carbocycles. The van der Waals surface area contributed by atoms with Gasteiger partial charge in [0.05, 0.1) is 18.6 Å². The number of rotatable bonds is 28. The van der Waals surface area contributed by atoms with Crippen molar-refractivity contribution in [3.63, 3.8) is 0 Å². The molecule has 38 heteroatoms. The summed E-state index contributed by atoms with van der Waals surface area (Å²) in [7, 11) is 1.61. The number of hydrogen-bond donors (Lipinski definition) is 13. The molecule has 0 radical (unpaired) electrons. The van der Waals surface area contributed by atoms with E-state index in [0.29, 0.717) is 85.3 Å². The highest BCUT2D eigenvalue weighted by molar-refractivity contribution is 6.06. The summed E-state index contributed by atoms with van der Waals surface area (Å²) < 4.78 is 116. The van der Waals surface area contributed by atoms with Gasteiger partial charge >= 0.3 is 0 Å². The molecule has 8 aromatic carbocycles. The molecule has 0 bridgehead atoms. The van der Waals surface area contributed by atoms with Crippen molar-refractivity contribution >= 4 is 70.5 Å². The average molecular weight is 1910 g/mol. The summed E-state index contributed by atoms with van der Waals surface area (Å²) in [5, 5.41) is 37.9. The lowest BCUT2D eigenvalue weighted by molar-refractivity contribution is -0.101. The van der Waals surface area contributed by atoms with Crippen LogP contribution < -0.4 is 67.1 Å². The lowest BCUT2D eigenvalue weighted by Gasteiger charge is -2.36. The number of likely N-dealkylation sites (tertiary alicyclic amines) is 1. The highest BCUT2D eigenvalue weighted by atomic mass is 19.3. The van der Waals surface area contributed by atoms with Crippen LogP contribution in [0.3, 0.4) is 0 Å². The summed E-state index contributed by atoms with van der Waals surface area (Å²) in [5.74, 6) is -9.15. The van der Waals surface area contributed by atoms with E-state index in [1.54, 1.807) is 117 Å². The molecule has 12 aromatic rings. The second-order valence-corrected chi connectivity index (χ2v) is 35.4. The van der Waals surface area contributed by atoms with Gasteiger partial charge in [0.2, 0.25) is 0 Å². The molecular weight excluding hydrogens is 1790 g/mol. The number of nitrogens with one attached hydrogen (secondary N) is 4. The average Bonchev–Trinajstić information content (AvgIpc) is 1.62. The van der Waals surface area contributed by atoms with E-state index in [4.69, 9.17) is 56.1 Å². The number of carbonyl (C=O) groups is 8. The number of amides is 8. The first kappa shape index (κ1) is 103. The molecule has 4 aromatic heterocycles. The smallest absolute Gasteiger partial charge is 0.282 e. The van der Waals surface area contributed by atoms with Crippen LogP contribution in [0.5, 0.6) is 0 Å². The van der Waals surface area contributed by atoms with Gasteiger partial charge in [0.25, 0.3) is 59.6 Å². The number of anilines is 4. The van der Waals surface area contributed by atoms with Gasteiger partial charge in [-0.25, -0.2) is 53.9 Å². The van der Waals surface area contributed by atoms with E-state index < -0.39 is 96.3 Å². The van der Waals surface area contributed by atoms with Crippen molar-refractivity contribution < 1.29 is 78.6 Å². The summed E-state index contributed by atoms with van der Waals surface area (Å²) in [5.41, 5.74) is 57.0. The van der Waals surface area contributed by atoms with Gasteiger partial charge in [-0.2, -0.15) is 20.4 Å². The molecule has 4 atom stereocenters. The molecule has 30 nitrogen and oxygen atoms in total. The number of primary amides is 4. The number of carbonyl (C=O) groups excluding carboxylic acids is 8. The Morgan fingerprint density at radius 2 is 0.732 bits per heavy atom. The molecule has 4 unspecified atom stereocenters. The minimum Gasteiger partial charge on any atom is -0.396 e. The molecule has 728 valence electrons. The maximum Gasteiger partial charge on any atom is 0.282 e. The second kappa shape index (κ2) is 44.6. The highest BCUT2D eigenvalue weighted by Crippen LogP contribution is 2.43. The Kier molecular flexibility index (Phi) is 33.4. The van der Waals surface area contributed by atoms with Gasteiger partial charge in [0.15, 0.2) is 0 Å². The van der Waals surface area contributed by atoms with Gasteiger partial charge in [-0.15, -0.1) is 0 Å². The molecule has 2 fully saturated rings. The van der Waals surface area contributed by atoms with Crippen LogP contribution in [-0.2, 0) is 26.2 Å². The van der Waals surface area contributed by atoms with Crippen LogP contribution in [-0.4, -0.2) is 135 Å². The first-order valence-corrected chi connectivity index (χ1v) is 44.5. The van der Waals surface area contributed by atoms with Crippen LogP contribution in [0.2, 0.25) is 0 Å². The van der Waals surface area contributed by atoms with Gasteiger partial charge in [-0.3, -0.25) is 38.4 Å². The van der Waals surface area contributed by atoms with E-state index in [1.807, 2.05) is 43.3 Å². The van der Waals surface area contributed by atoms with E-state index in [0.717, 1.165) is 50.5 Å². The van der Waals surface area contributed by atoms with Crippen molar-refractivity contribution in [3.05, 3.63) is 282 Å². The number of aliphatic hydroxyl groups is 1. The molecule has 2 aliphatic rings. The number of hydrogen-bond acceptors (Lipinski definition) is 18.